The molecule has 1 heterocycles. The van der Waals surface area contributed by atoms with Crippen molar-refractivity contribution in [1.82, 2.24) is 5.32 Å². The summed E-state index contributed by atoms with van der Waals surface area (Å²) in [5.41, 5.74) is 2.46. The lowest BCUT2D eigenvalue weighted by Gasteiger charge is -2.33. The molecule has 1 aliphatic heterocycles. The van der Waals surface area contributed by atoms with Crippen molar-refractivity contribution in [3.8, 4) is 11.5 Å². The number of rotatable bonds is 8. The van der Waals surface area contributed by atoms with Gasteiger partial charge in [0.1, 0.15) is 17.3 Å². The van der Waals surface area contributed by atoms with Gasteiger partial charge in [-0.1, -0.05) is 36.4 Å². The van der Waals surface area contributed by atoms with Crippen LogP contribution in [0.5, 0.6) is 11.5 Å². The molecule has 0 bridgehead atoms. The van der Waals surface area contributed by atoms with E-state index < -0.39 is 6.10 Å². The normalized spacial score (nSPS) is 15.8. The zero-order valence-electron chi connectivity index (χ0n) is 19.2. The van der Waals surface area contributed by atoms with E-state index in [4.69, 9.17) is 9.47 Å². The van der Waals surface area contributed by atoms with Crippen LogP contribution >= 0.6 is 0 Å². The molecule has 0 aromatic heterocycles. The molecule has 0 spiro atoms. The Kier molecular flexibility index (Phi) is 7.11. The first-order chi connectivity index (χ1) is 16.4. The molecule has 2 unspecified atom stereocenters. The van der Waals surface area contributed by atoms with Gasteiger partial charge < -0.3 is 19.7 Å². The van der Waals surface area contributed by atoms with Crippen molar-refractivity contribution in [3.63, 3.8) is 0 Å². The Labute approximate surface area is 198 Å². The summed E-state index contributed by atoms with van der Waals surface area (Å²) in [6, 6.07) is 20.7. The maximum absolute atomic E-state index is 13.4. The molecular weight excluding hydrogens is 435 g/mol. The second-order valence-electron chi connectivity index (χ2n) is 8.19. The quantitative estimate of drug-likeness (QED) is 0.538. The first-order valence-corrected chi connectivity index (χ1v) is 11.2. The molecule has 1 N–H and O–H groups in total. The molecule has 4 rings (SSSR count). The highest BCUT2D eigenvalue weighted by Gasteiger charge is 2.31. The lowest BCUT2D eigenvalue weighted by molar-refractivity contribution is -0.125. The topological polar surface area (TPSA) is 67.9 Å². The molecule has 176 valence electrons. The zero-order chi connectivity index (χ0) is 24.1. The molecule has 0 radical (unpaired) electrons. The lowest BCUT2D eigenvalue weighted by atomic mass is 9.98. The van der Waals surface area contributed by atoms with Crippen LogP contribution in [0, 0.1) is 5.82 Å². The zero-order valence-corrected chi connectivity index (χ0v) is 19.2. The van der Waals surface area contributed by atoms with Crippen LogP contribution in [0.4, 0.5) is 10.1 Å². The Balaban J connectivity index is 1.47. The number of ether oxygens (including phenoxy) is 2. The highest BCUT2D eigenvalue weighted by atomic mass is 19.1. The minimum Gasteiger partial charge on any atom is -0.497 e. The number of methoxy groups -OCH3 is 1. The molecule has 0 saturated heterocycles. The number of nitrogens with zero attached hydrogens (tertiary/aromatic N) is 1. The van der Waals surface area contributed by atoms with Gasteiger partial charge in [0.05, 0.1) is 18.8 Å². The predicted molar refractivity (Wildman–Crippen MR) is 127 cm³/mol. The molecule has 0 aliphatic carbocycles. The predicted octanol–water partition coefficient (Wildman–Crippen LogP) is 4.44. The third kappa shape index (κ3) is 5.36. The molecule has 3 aromatic rings. The molecule has 0 saturated carbocycles. The van der Waals surface area contributed by atoms with E-state index in [2.05, 4.69) is 5.32 Å². The number of anilines is 1. The summed E-state index contributed by atoms with van der Waals surface area (Å²) in [4.78, 5) is 27.3. The number of halogens is 1. The van der Waals surface area contributed by atoms with E-state index in [1.54, 1.807) is 31.1 Å². The van der Waals surface area contributed by atoms with E-state index in [-0.39, 0.29) is 36.6 Å². The number of amides is 2. The number of hydrogen-bond donors (Lipinski definition) is 1. The van der Waals surface area contributed by atoms with Crippen molar-refractivity contribution in [2.24, 2.45) is 0 Å². The average Bonchev–Trinajstić information content (AvgIpc) is 2.85. The number of para-hydroxylation sites is 2. The van der Waals surface area contributed by atoms with Gasteiger partial charge in [0.2, 0.25) is 5.91 Å². The maximum atomic E-state index is 13.4. The van der Waals surface area contributed by atoms with E-state index in [1.165, 1.54) is 12.1 Å². The molecular formula is C27H27FN2O4. The van der Waals surface area contributed by atoms with Gasteiger partial charge in [-0.05, 0) is 60.9 Å². The largest absolute Gasteiger partial charge is 0.497 e. The number of nitrogens with one attached hydrogen (secondary N) is 1. The number of fused-ring (bicyclic) bond motifs is 1. The molecule has 6 nitrogen and oxygen atoms in total. The van der Waals surface area contributed by atoms with Gasteiger partial charge in [0, 0.05) is 13.0 Å². The Morgan fingerprint density at radius 3 is 2.50 bits per heavy atom. The van der Waals surface area contributed by atoms with Gasteiger partial charge in [0.25, 0.3) is 5.91 Å². The van der Waals surface area contributed by atoms with E-state index in [0.29, 0.717) is 23.6 Å². The van der Waals surface area contributed by atoms with E-state index in [1.807, 2.05) is 48.5 Å². The number of carbonyl (C=O) groups is 2. The van der Waals surface area contributed by atoms with Crippen molar-refractivity contribution < 1.29 is 23.5 Å². The van der Waals surface area contributed by atoms with Crippen LogP contribution in [0.1, 0.15) is 30.5 Å². The third-order valence-corrected chi connectivity index (χ3v) is 5.84. The van der Waals surface area contributed by atoms with Crippen LogP contribution in [-0.2, 0) is 16.0 Å². The van der Waals surface area contributed by atoms with Crippen LogP contribution < -0.4 is 19.7 Å². The Bertz CT molecular complexity index is 1150. The Morgan fingerprint density at radius 1 is 1.09 bits per heavy atom. The summed E-state index contributed by atoms with van der Waals surface area (Å²) >= 11 is 0. The molecule has 34 heavy (non-hydrogen) atoms. The fourth-order valence-corrected chi connectivity index (χ4v) is 4.01. The van der Waals surface area contributed by atoms with Crippen molar-refractivity contribution in [2.45, 2.75) is 31.9 Å². The summed E-state index contributed by atoms with van der Waals surface area (Å²) in [6.07, 6.45) is 0.0147. The molecule has 0 fully saturated rings. The van der Waals surface area contributed by atoms with Gasteiger partial charge in [-0.3, -0.25) is 9.59 Å². The monoisotopic (exact) mass is 462 g/mol. The molecule has 2 amide bonds. The Morgan fingerprint density at radius 2 is 1.79 bits per heavy atom. The molecule has 2 atom stereocenters. The number of carbonyl (C=O) groups excluding carboxylic acids is 2. The average molecular weight is 463 g/mol. The van der Waals surface area contributed by atoms with Crippen LogP contribution in [0.25, 0.3) is 0 Å². The van der Waals surface area contributed by atoms with Crippen LogP contribution in [0.15, 0.2) is 72.8 Å². The number of benzene rings is 3. The first kappa shape index (κ1) is 23.3. The summed E-state index contributed by atoms with van der Waals surface area (Å²) < 4.78 is 24.3. The fraction of sp³-hybridized carbons (Fsp3) is 0.259. The van der Waals surface area contributed by atoms with Gasteiger partial charge in [-0.15, -0.1) is 0 Å². The van der Waals surface area contributed by atoms with Crippen molar-refractivity contribution in [1.29, 1.82) is 0 Å². The van der Waals surface area contributed by atoms with Gasteiger partial charge in [-0.25, -0.2) is 4.39 Å². The van der Waals surface area contributed by atoms with Crippen LogP contribution in [0.2, 0.25) is 0 Å². The van der Waals surface area contributed by atoms with Crippen molar-refractivity contribution >= 4 is 17.5 Å². The SMILES string of the molecule is COc1ccc(C(Cc2ccc(F)cc2)NC(=O)CCN2C(=O)C(C)Oc3ccccc32)cc1. The summed E-state index contributed by atoms with van der Waals surface area (Å²) in [6.45, 7) is 1.94. The second kappa shape index (κ2) is 10.4. The lowest BCUT2D eigenvalue weighted by Crippen LogP contribution is -2.46. The minimum absolute atomic E-state index is 0.128. The van der Waals surface area contributed by atoms with Gasteiger partial charge >= 0.3 is 0 Å². The molecule has 3 aromatic carbocycles. The maximum Gasteiger partial charge on any atom is 0.267 e. The summed E-state index contributed by atoms with van der Waals surface area (Å²) in [7, 11) is 1.60. The summed E-state index contributed by atoms with van der Waals surface area (Å²) in [5, 5.41) is 3.08. The first-order valence-electron chi connectivity index (χ1n) is 11.2. The van der Waals surface area contributed by atoms with E-state index >= 15 is 0 Å². The van der Waals surface area contributed by atoms with Gasteiger partial charge in [0.15, 0.2) is 6.10 Å². The van der Waals surface area contributed by atoms with Gasteiger partial charge in [-0.2, -0.15) is 0 Å². The third-order valence-electron chi connectivity index (χ3n) is 5.84. The second-order valence-corrected chi connectivity index (χ2v) is 8.19. The highest BCUT2D eigenvalue weighted by molar-refractivity contribution is 6.00. The molecule has 7 heteroatoms. The summed E-state index contributed by atoms with van der Waals surface area (Å²) in [5.74, 6) is 0.673. The Hall–Kier alpha value is -3.87. The van der Waals surface area contributed by atoms with Crippen LogP contribution in [0.3, 0.4) is 0 Å². The smallest absolute Gasteiger partial charge is 0.267 e. The van der Waals surface area contributed by atoms with Crippen LogP contribution in [-0.4, -0.2) is 31.6 Å². The molecule has 1 aliphatic rings. The van der Waals surface area contributed by atoms with E-state index in [9.17, 15) is 14.0 Å². The highest BCUT2D eigenvalue weighted by Crippen LogP contribution is 2.33. The standard InChI is InChI=1S/C27H27FN2O4/c1-18-27(32)30(24-5-3-4-6-25(24)34-18)16-15-26(31)29-23(17-19-7-11-21(28)12-8-19)20-9-13-22(33-2)14-10-20/h3-14,18,23H,15-17H2,1-2H3,(H,29,31). The fourth-order valence-electron chi connectivity index (χ4n) is 4.01. The minimum atomic E-state index is -0.608. The van der Waals surface area contributed by atoms with E-state index in [0.717, 1.165) is 11.1 Å². The number of hydrogen-bond acceptors (Lipinski definition) is 4. The van der Waals surface area contributed by atoms with Crippen molar-refractivity contribution in [2.75, 3.05) is 18.6 Å². The van der Waals surface area contributed by atoms with Crippen molar-refractivity contribution in [3.05, 3.63) is 89.7 Å².